The van der Waals surface area contributed by atoms with E-state index in [1.807, 2.05) is 23.9 Å². The van der Waals surface area contributed by atoms with E-state index >= 15 is 0 Å². The number of pyridine rings is 1. The van der Waals surface area contributed by atoms with Crippen LogP contribution in [0.3, 0.4) is 0 Å². The fraction of sp³-hybridized carbons (Fsp3) is 0.217. The quantitative estimate of drug-likeness (QED) is 0.373. The van der Waals surface area contributed by atoms with Gasteiger partial charge in [0.05, 0.1) is 18.1 Å². The maximum atomic E-state index is 9.49. The number of nitrogens with two attached hydrogens (primary N) is 1. The number of nitrogens with zero attached hydrogens (tertiary/aromatic N) is 5. The molecule has 0 saturated heterocycles. The van der Waals surface area contributed by atoms with E-state index in [0.29, 0.717) is 34.6 Å². The highest BCUT2D eigenvalue weighted by Crippen LogP contribution is 2.43. The lowest BCUT2D eigenvalue weighted by molar-refractivity contribution is 0.948. The summed E-state index contributed by atoms with van der Waals surface area (Å²) in [6.45, 7) is 0. The molecule has 8 nitrogen and oxygen atoms in total. The Morgan fingerprint density at radius 1 is 1.16 bits per heavy atom. The van der Waals surface area contributed by atoms with Crippen LogP contribution in [-0.4, -0.2) is 25.8 Å². The molecule has 0 spiro atoms. The standard InChI is InChI=1S/C23H22N8S/c1-32-13-15-8-17(4-6-19(15)14-2-3-14)28-21-9-22(29-18-5-7-20(25)26-12-18)31-23(30-21)16(10-24)11-27-31/h4-9,11-12,14,29H,2-3,13H2,1H3,(H2,25,26)(H,28,30). The Kier molecular flexibility index (Phi) is 5.29. The molecule has 160 valence electrons. The summed E-state index contributed by atoms with van der Waals surface area (Å²) >= 11 is 1.83. The molecule has 5 rings (SSSR count). The predicted octanol–water partition coefficient (Wildman–Crippen LogP) is 4.81. The smallest absolute Gasteiger partial charge is 0.177 e. The summed E-state index contributed by atoms with van der Waals surface area (Å²) in [5.41, 5.74) is 11.1. The van der Waals surface area contributed by atoms with Crippen molar-refractivity contribution in [3.63, 3.8) is 0 Å². The largest absolute Gasteiger partial charge is 0.384 e. The number of hydrogen-bond donors (Lipinski definition) is 3. The molecule has 1 fully saturated rings. The first kappa shape index (κ1) is 20.2. The van der Waals surface area contributed by atoms with Gasteiger partial charge in [0, 0.05) is 17.5 Å². The Morgan fingerprint density at radius 2 is 2.00 bits per heavy atom. The van der Waals surface area contributed by atoms with E-state index in [4.69, 9.17) is 5.73 Å². The molecule has 4 aromatic rings. The van der Waals surface area contributed by atoms with Gasteiger partial charge in [-0.3, -0.25) is 0 Å². The molecule has 1 aromatic carbocycles. The van der Waals surface area contributed by atoms with Gasteiger partial charge in [-0.25, -0.2) is 9.97 Å². The van der Waals surface area contributed by atoms with Crippen LogP contribution in [0.25, 0.3) is 5.65 Å². The van der Waals surface area contributed by atoms with Gasteiger partial charge < -0.3 is 16.4 Å². The minimum Gasteiger partial charge on any atom is -0.384 e. The van der Waals surface area contributed by atoms with Gasteiger partial charge in [0.15, 0.2) is 5.65 Å². The number of benzene rings is 1. The third-order valence-electron chi connectivity index (χ3n) is 5.38. The molecule has 0 unspecified atom stereocenters. The van der Waals surface area contributed by atoms with E-state index in [1.165, 1.54) is 30.2 Å². The lowest BCUT2D eigenvalue weighted by atomic mass is 10.0. The van der Waals surface area contributed by atoms with Crippen molar-refractivity contribution >= 4 is 46.2 Å². The topological polar surface area (TPSA) is 117 Å². The zero-order valence-electron chi connectivity index (χ0n) is 17.5. The van der Waals surface area contributed by atoms with Crippen LogP contribution >= 0.6 is 11.8 Å². The van der Waals surface area contributed by atoms with E-state index in [2.05, 4.69) is 56.2 Å². The maximum absolute atomic E-state index is 9.49. The zero-order chi connectivity index (χ0) is 22.1. The molecule has 1 aliphatic rings. The summed E-state index contributed by atoms with van der Waals surface area (Å²) in [5, 5.41) is 20.5. The van der Waals surface area contributed by atoms with Gasteiger partial charge in [-0.2, -0.15) is 26.6 Å². The van der Waals surface area contributed by atoms with Gasteiger partial charge in [-0.05, 0) is 60.4 Å². The molecule has 0 bridgehead atoms. The first-order valence-corrected chi connectivity index (χ1v) is 11.7. The Bertz CT molecular complexity index is 1320. The van der Waals surface area contributed by atoms with E-state index in [9.17, 15) is 5.26 Å². The normalized spacial score (nSPS) is 13.1. The van der Waals surface area contributed by atoms with Crippen LogP contribution in [0, 0.1) is 11.3 Å². The van der Waals surface area contributed by atoms with Crippen molar-refractivity contribution in [2.75, 3.05) is 22.6 Å². The Balaban J connectivity index is 1.51. The summed E-state index contributed by atoms with van der Waals surface area (Å²) in [6, 6.07) is 14.1. The molecule has 3 aromatic heterocycles. The van der Waals surface area contributed by atoms with Crippen molar-refractivity contribution in [1.82, 2.24) is 19.6 Å². The third-order valence-corrected chi connectivity index (χ3v) is 5.98. The number of anilines is 5. The first-order valence-electron chi connectivity index (χ1n) is 10.3. The average molecular weight is 443 g/mol. The second kappa shape index (κ2) is 8.40. The van der Waals surface area contributed by atoms with E-state index in [-0.39, 0.29) is 0 Å². The lowest BCUT2D eigenvalue weighted by Gasteiger charge is -2.14. The molecule has 0 atom stereocenters. The summed E-state index contributed by atoms with van der Waals surface area (Å²) in [6.07, 6.45) is 7.84. The number of nitriles is 1. The summed E-state index contributed by atoms with van der Waals surface area (Å²) in [7, 11) is 0. The van der Waals surface area contributed by atoms with Crippen molar-refractivity contribution in [2.45, 2.75) is 24.5 Å². The molecule has 9 heteroatoms. The first-order chi connectivity index (χ1) is 15.6. The summed E-state index contributed by atoms with van der Waals surface area (Å²) < 4.78 is 1.61. The number of aromatic nitrogens is 4. The second-order valence-corrected chi connectivity index (χ2v) is 8.64. The highest BCUT2D eigenvalue weighted by molar-refractivity contribution is 7.97. The van der Waals surface area contributed by atoms with Crippen LogP contribution < -0.4 is 16.4 Å². The molecular weight excluding hydrogens is 420 g/mol. The molecule has 32 heavy (non-hydrogen) atoms. The highest BCUT2D eigenvalue weighted by Gasteiger charge is 2.25. The SMILES string of the molecule is CSCc1cc(Nc2cc(Nc3ccc(N)nc3)n3ncc(C#N)c3n2)ccc1C1CC1. The highest BCUT2D eigenvalue weighted by atomic mass is 32.2. The van der Waals surface area contributed by atoms with E-state index in [0.717, 1.165) is 17.1 Å². The van der Waals surface area contributed by atoms with Crippen molar-refractivity contribution < 1.29 is 0 Å². The zero-order valence-corrected chi connectivity index (χ0v) is 18.4. The molecule has 1 aliphatic carbocycles. The van der Waals surface area contributed by atoms with Crippen molar-refractivity contribution in [3.05, 3.63) is 65.5 Å². The molecule has 4 N–H and O–H groups in total. The van der Waals surface area contributed by atoms with E-state index in [1.54, 1.807) is 16.8 Å². The monoisotopic (exact) mass is 442 g/mol. The molecule has 0 amide bonds. The van der Waals surface area contributed by atoms with Crippen LogP contribution in [0.15, 0.2) is 48.8 Å². The fourth-order valence-electron chi connectivity index (χ4n) is 3.73. The van der Waals surface area contributed by atoms with Crippen LogP contribution in [0.4, 0.5) is 28.8 Å². The fourth-order valence-corrected chi connectivity index (χ4v) is 4.29. The van der Waals surface area contributed by atoms with Gasteiger partial charge >= 0.3 is 0 Å². The summed E-state index contributed by atoms with van der Waals surface area (Å²) in [5.74, 6) is 3.40. The number of nitrogen functional groups attached to an aromatic ring is 1. The van der Waals surface area contributed by atoms with Gasteiger partial charge in [0.25, 0.3) is 0 Å². The van der Waals surface area contributed by atoms with Crippen molar-refractivity contribution in [3.8, 4) is 6.07 Å². The van der Waals surface area contributed by atoms with Gasteiger partial charge in [0.1, 0.15) is 29.1 Å². The van der Waals surface area contributed by atoms with Gasteiger partial charge in [-0.1, -0.05) is 6.07 Å². The van der Waals surface area contributed by atoms with E-state index < -0.39 is 0 Å². The molecular formula is C23H22N8S. The Labute approximate surface area is 189 Å². The molecule has 3 heterocycles. The molecule has 1 saturated carbocycles. The molecule has 0 radical (unpaired) electrons. The second-order valence-electron chi connectivity index (χ2n) is 7.77. The number of fused-ring (bicyclic) bond motifs is 1. The van der Waals surface area contributed by atoms with Crippen LogP contribution in [-0.2, 0) is 5.75 Å². The Hall–Kier alpha value is -3.77. The number of rotatable bonds is 7. The minimum atomic E-state index is 0.402. The summed E-state index contributed by atoms with van der Waals surface area (Å²) in [4.78, 5) is 8.77. The van der Waals surface area contributed by atoms with Crippen molar-refractivity contribution in [1.29, 1.82) is 5.26 Å². The van der Waals surface area contributed by atoms with Gasteiger partial charge in [-0.15, -0.1) is 0 Å². The number of thioether (sulfide) groups is 1. The average Bonchev–Trinajstić information content (AvgIpc) is 3.55. The predicted molar refractivity (Wildman–Crippen MR) is 129 cm³/mol. The molecule has 0 aliphatic heterocycles. The van der Waals surface area contributed by atoms with Gasteiger partial charge in [0.2, 0.25) is 0 Å². The number of hydrogen-bond acceptors (Lipinski definition) is 8. The van der Waals surface area contributed by atoms with Crippen LogP contribution in [0.1, 0.15) is 35.4 Å². The number of nitrogens with one attached hydrogen (secondary N) is 2. The minimum absolute atomic E-state index is 0.402. The van der Waals surface area contributed by atoms with Crippen LogP contribution in [0.5, 0.6) is 0 Å². The third kappa shape index (κ3) is 4.05. The maximum Gasteiger partial charge on any atom is 0.177 e. The van der Waals surface area contributed by atoms with Crippen LogP contribution in [0.2, 0.25) is 0 Å². The van der Waals surface area contributed by atoms with Crippen molar-refractivity contribution in [2.24, 2.45) is 0 Å². The Morgan fingerprint density at radius 3 is 2.72 bits per heavy atom. The lowest BCUT2D eigenvalue weighted by Crippen LogP contribution is -2.05.